The van der Waals surface area contributed by atoms with Crippen molar-refractivity contribution in [2.45, 2.75) is 18.9 Å². The number of aliphatic hydroxyl groups is 1. The van der Waals surface area contributed by atoms with Crippen LogP contribution in [0.15, 0.2) is 18.2 Å². The van der Waals surface area contributed by atoms with Crippen molar-refractivity contribution >= 4 is 22.9 Å². The minimum Gasteiger partial charge on any atom is -0.497 e. The second-order valence-electron chi connectivity index (χ2n) is 4.49. The Morgan fingerprint density at radius 3 is 2.94 bits per heavy atom. The second kappa shape index (κ2) is 5.54. The number of thiocarbonyl (C=S) groups is 1. The zero-order chi connectivity index (χ0) is 13.1. The van der Waals surface area contributed by atoms with E-state index in [1.807, 2.05) is 18.2 Å². The van der Waals surface area contributed by atoms with Gasteiger partial charge in [0.1, 0.15) is 10.7 Å². The van der Waals surface area contributed by atoms with Crippen LogP contribution in [0.3, 0.4) is 0 Å². The highest BCUT2D eigenvalue weighted by Crippen LogP contribution is 2.28. The molecular formula is C13H18N2O2S. The van der Waals surface area contributed by atoms with Crippen molar-refractivity contribution in [1.29, 1.82) is 0 Å². The van der Waals surface area contributed by atoms with Crippen molar-refractivity contribution in [3.8, 4) is 5.75 Å². The smallest absolute Gasteiger partial charge is 0.120 e. The standard InChI is InChI=1S/C13H18N2O2S/c1-17-10-4-5-11(13(14)18)12(7-10)15-6-2-3-9(16)8-15/h4-5,7,9,16H,2-3,6,8H2,1H3,(H2,14,18). The maximum atomic E-state index is 9.76. The van der Waals surface area contributed by atoms with Gasteiger partial charge in [-0.25, -0.2) is 0 Å². The van der Waals surface area contributed by atoms with E-state index in [9.17, 15) is 5.11 Å². The van der Waals surface area contributed by atoms with E-state index in [-0.39, 0.29) is 6.10 Å². The first-order valence-corrected chi connectivity index (χ1v) is 6.43. The molecule has 0 spiro atoms. The molecule has 0 amide bonds. The number of hydrogen-bond acceptors (Lipinski definition) is 4. The first kappa shape index (κ1) is 13.1. The average molecular weight is 266 g/mol. The summed E-state index contributed by atoms with van der Waals surface area (Å²) in [6, 6.07) is 5.64. The van der Waals surface area contributed by atoms with Crippen LogP contribution >= 0.6 is 12.2 Å². The number of β-amino-alcohol motifs (C(OH)–C–C–N with tert-alkyl or cyclic N) is 1. The van der Waals surface area contributed by atoms with E-state index in [2.05, 4.69) is 4.90 Å². The Balaban J connectivity index is 2.36. The zero-order valence-electron chi connectivity index (χ0n) is 10.4. The first-order valence-electron chi connectivity index (χ1n) is 6.02. The molecule has 18 heavy (non-hydrogen) atoms. The number of hydrogen-bond donors (Lipinski definition) is 2. The topological polar surface area (TPSA) is 58.7 Å². The fourth-order valence-electron chi connectivity index (χ4n) is 2.28. The maximum Gasteiger partial charge on any atom is 0.120 e. The lowest BCUT2D eigenvalue weighted by Gasteiger charge is -2.33. The third-order valence-electron chi connectivity index (χ3n) is 3.21. The van der Waals surface area contributed by atoms with Crippen LogP contribution in [0.4, 0.5) is 5.69 Å². The van der Waals surface area contributed by atoms with Gasteiger partial charge in [0.05, 0.1) is 18.9 Å². The molecule has 4 nitrogen and oxygen atoms in total. The number of rotatable bonds is 3. The Labute approximate surface area is 112 Å². The van der Waals surface area contributed by atoms with Crippen molar-refractivity contribution in [1.82, 2.24) is 0 Å². The molecule has 0 radical (unpaired) electrons. The molecule has 1 aromatic carbocycles. The van der Waals surface area contributed by atoms with Crippen LogP contribution in [0.2, 0.25) is 0 Å². The lowest BCUT2D eigenvalue weighted by atomic mass is 10.0. The van der Waals surface area contributed by atoms with Gasteiger partial charge in [-0.3, -0.25) is 0 Å². The largest absolute Gasteiger partial charge is 0.497 e. The van der Waals surface area contributed by atoms with Gasteiger partial charge in [-0.2, -0.15) is 0 Å². The quantitative estimate of drug-likeness (QED) is 0.807. The van der Waals surface area contributed by atoms with Crippen molar-refractivity contribution in [3.05, 3.63) is 23.8 Å². The molecule has 0 aliphatic carbocycles. The predicted molar refractivity (Wildman–Crippen MR) is 76.3 cm³/mol. The summed E-state index contributed by atoms with van der Waals surface area (Å²) in [4.78, 5) is 2.48. The Morgan fingerprint density at radius 2 is 2.33 bits per heavy atom. The van der Waals surface area contributed by atoms with Gasteiger partial charge in [0.2, 0.25) is 0 Å². The van der Waals surface area contributed by atoms with Crippen molar-refractivity contribution in [2.24, 2.45) is 5.73 Å². The van der Waals surface area contributed by atoms with Gasteiger partial charge in [-0.15, -0.1) is 0 Å². The van der Waals surface area contributed by atoms with Gasteiger partial charge in [-0.1, -0.05) is 12.2 Å². The molecule has 1 heterocycles. The third-order valence-corrected chi connectivity index (χ3v) is 3.43. The molecular weight excluding hydrogens is 248 g/mol. The van der Waals surface area contributed by atoms with E-state index in [4.69, 9.17) is 22.7 Å². The summed E-state index contributed by atoms with van der Waals surface area (Å²) in [7, 11) is 1.63. The van der Waals surface area contributed by atoms with Gasteiger partial charge in [0, 0.05) is 24.7 Å². The Hall–Kier alpha value is -1.33. The summed E-state index contributed by atoms with van der Waals surface area (Å²) in [5, 5.41) is 9.76. The van der Waals surface area contributed by atoms with Crippen LogP contribution < -0.4 is 15.4 Å². The van der Waals surface area contributed by atoms with Crippen LogP contribution in [0, 0.1) is 0 Å². The molecule has 1 aromatic rings. The van der Waals surface area contributed by atoms with Crippen LogP contribution in [0.1, 0.15) is 18.4 Å². The first-order chi connectivity index (χ1) is 8.61. The molecule has 0 aromatic heterocycles. The fraction of sp³-hybridized carbons (Fsp3) is 0.462. The number of benzene rings is 1. The minimum atomic E-state index is -0.288. The molecule has 98 valence electrons. The van der Waals surface area contributed by atoms with Gasteiger partial charge >= 0.3 is 0 Å². The Kier molecular flexibility index (Phi) is 4.04. The molecule has 5 heteroatoms. The summed E-state index contributed by atoms with van der Waals surface area (Å²) in [6.45, 7) is 1.52. The number of piperidine rings is 1. The number of nitrogens with two attached hydrogens (primary N) is 1. The van der Waals surface area contributed by atoms with Crippen molar-refractivity contribution < 1.29 is 9.84 Å². The lowest BCUT2D eigenvalue weighted by molar-refractivity contribution is 0.154. The van der Waals surface area contributed by atoms with Gasteiger partial charge in [-0.05, 0) is 25.0 Å². The van der Waals surface area contributed by atoms with E-state index in [1.54, 1.807) is 7.11 Å². The van der Waals surface area contributed by atoms with Gasteiger partial charge < -0.3 is 20.5 Å². The number of nitrogens with zero attached hydrogens (tertiary/aromatic N) is 1. The monoisotopic (exact) mass is 266 g/mol. The number of aliphatic hydroxyl groups excluding tert-OH is 1. The highest BCUT2D eigenvalue weighted by molar-refractivity contribution is 7.80. The Morgan fingerprint density at radius 1 is 1.56 bits per heavy atom. The number of methoxy groups -OCH3 is 1. The summed E-state index contributed by atoms with van der Waals surface area (Å²) >= 11 is 5.08. The predicted octanol–water partition coefficient (Wildman–Crippen LogP) is 1.29. The summed E-state index contributed by atoms with van der Waals surface area (Å²) in [6.07, 6.45) is 1.53. The fourth-order valence-corrected chi connectivity index (χ4v) is 2.45. The van der Waals surface area contributed by atoms with Crippen LogP contribution in [0.5, 0.6) is 5.75 Å². The molecule has 1 aliphatic heterocycles. The summed E-state index contributed by atoms with van der Waals surface area (Å²) in [5.74, 6) is 0.769. The molecule has 0 saturated carbocycles. The molecule has 2 rings (SSSR count). The summed E-state index contributed by atoms with van der Waals surface area (Å²) in [5.41, 5.74) is 7.53. The van der Waals surface area contributed by atoms with E-state index >= 15 is 0 Å². The third kappa shape index (κ3) is 2.73. The average Bonchev–Trinajstić information content (AvgIpc) is 2.38. The molecule has 1 saturated heterocycles. The summed E-state index contributed by atoms with van der Waals surface area (Å²) < 4.78 is 5.23. The molecule has 1 fully saturated rings. The van der Waals surface area contributed by atoms with E-state index in [1.165, 1.54) is 0 Å². The normalized spacial score (nSPS) is 19.7. The Bertz CT molecular complexity index is 451. The van der Waals surface area contributed by atoms with E-state index in [0.717, 1.165) is 36.4 Å². The maximum absolute atomic E-state index is 9.76. The van der Waals surface area contributed by atoms with Crippen molar-refractivity contribution in [3.63, 3.8) is 0 Å². The van der Waals surface area contributed by atoms with E-state index in [0.29, 0.717) is 11.5 Å². The zero-order valence-corrected chi connectivity index (χ0v) is 11.2. The highest BCUT2D eigenvalue weighted by atomic mass is 32.1. The van der Waals surface area contributed by atoms with Crippen LogP contribution in [-0.4, -0.2) is 36.4 Å². The van der Waals surface area contributed by atoms with Crippen LogP contribution in [-0.2, 0) is 0 Å². The lowest BCUT2D eigenvalue weighted by Crippen LogP contribution is -2.39. The second-order valence-corrected chi connectivity index (χ2v) is 4.93. The number of anilines is 1. The highest BCUT2D eigenvalue weighted by Gasteiger charge is 2.21. The molecule has 1 unspecified atom stereocenters. The molecule has 1 atom stereocenters. The SMILES string of the molecule is COc1ccc(C(N)=S)c(N2CCCC(O)C2)c1. The molecule has 0 bridgehead atoms. The van der Waals surface area contributed by atoms with E-state index < -0.39 is 0 Å². The van der Waals surface area contributed by atoms with Gasteiger partial charge in [0.15, 0.2) is 0 Å². The number of ether oxygens (including phenoxy) is 1. The van der Waals surface area contributed by atoms with Gasteiger partial charge in [0.25, 0.3) is 0 Å². The minimum absolute atomic E-state index is 0.288. The van der Waals surface area contributed by atoms with Crippen LogP contribution in [0.25, 0.3) is 0 Å². The molecule has 1 aliphatic rings. The molecule has 3 N–H and O–H groups in total. The van der Waals surface area contributed by atoms with Crippen molar-refractivity contribution in [2.75, 3.05) is 25.1 Å².